The Hall–Kier alpha value is 0.430. The molecule has 0 unspecified atom stereocenters. The molecule has 0 fully saturated rings. The van der Waals surface area contributed by atoms with Crippen molar-refractivity contribution in [2.45, 2.75) is 0 Å². The standard InChI is InChI=1S/C6H4Cl4N2.ClH/c7-3-1-5(9)6(11-12-10)2-4(3)8;/h1-2,11-12H;1H. The molecule has 0 radical (unpaired) electrons. The molecule has 0 aromatic heterocycles. The molecule has 0 saturated carbocycles. The lowest BCUT2D eigenvalue weighted by Crippen LogP contribution is -2.08. The lowest BCUT2D eigenvalue weighted by atomic mass is 10.3. The monoisotopic (exact) mass is 280 g/mol. The third-order valence-electron chi connectivity index (χ3n) is 1.19. The van der Waals surface area contributed by atoms with Gasteiger partial charge in [0.2, 0.25) is 0 Å². The van der Waals surface area contributed by atoms with E-state index in [0.717, 1.165) is 0 Å². The van der Waals surface area contributed by atoms with E-state index in [1.807, 2.05) is 0 Å². The highest BCUT2D eigenvalue weighted by Gasteiger charge is 2.04. The molecule has 0 aliphatic heterocycles. The van der Waals surface area contributed by atoms with E-state index in [1.165, 1.54) is 6.07 Å². The Morgan fingerprint density at radius 3 is 2.00 bits per heavy atom. The summed E-state index contributed by atoms with van der Waals surface area (Å²) in [5.41, 5.74) is 3.15. The second-order valence-corrected chi connectivity index (χ2v) is 3.38. The van der Waals surface area contributed by atoms with Crippen molar-refractivity contribution in [3.63, 3.8) is 0 Å². The lowest BCUT2D eigenvalue weighted by Gasteiger charge is -2.06. The molecule has 0 atom stereocenters. The average molecular weight is 282 g/mol. The van der Waals surface area contributed by atoms with Gasteiger partial charge in [0.05, 0.1) is 20.8 Å². The van der Waals surface area contributed by atoms with Gasteiger partial charge >= 0.3 is 0 Å². The molecule has 0 heterocycles. The summed E-state index contributed by atoms with van der Waals surface area (Å²) in [4.78, 5) is 2.21. The molecule has 1 aromatic carbocycles. The normalized spacial score (nSPS) is 9.23. The van der Waals surface area contributed by atoms with Gasteiger partial charge in [-0.15, -0.1) is 17.4 Å². The van der Waals surface area contributed by atoms with Gasteiger partial charge in [0.25, 0.3) is 0 Å². The second kappa shape index (κ2) is 6.02. The Kier molecular flexibility index (Phi) is 6.21. The fraction of sp³-hybridized carbons (Fsp3) is 0. The highest BCUT2D eigenvalue weighted by Crippen LogP contribution is 2.31. The first kappa shape index (κ1) is 13.4. The van der Waals surface area contributed by atoms with Crippen molar-refractivity contribution in [1.29, 1.82) is 0 Å². The van der Waals surface area contributed by atoms with Gasteiger partial charge in [0.1, 0.15) is 0 Å². The molecule has 0 spiro atoms. The summed E-state index contributed by atoms with van der Waals surface area (Å²) in [6.45, 7) is 0. The number of anilines is 1. The van der Waals surface area contributed by atoms with Gasteiger partial charge in [0, 0.05) is 0 Å². The zero-order chi connectivity index (χ0) is 9.14. The zero-order valence-corrected chi connectivity index (χ0v) is 9.92. The van der Waals surface area contributed by atoms with Gasteiger partial charge in [-0.2, -0.15) is 0 Å². The first-order valence-corrected chi connectivity index (χ1v) is 4.42. The quantitative estimate of drug-likeness (QED) is 0.484. The molecule has 1 rings (SSSR count). The lowest BCUT2D eigenvalue weighted by molar-refractivity contribution is 1.20. The first-order valence-electron chi connectivity index (χ1n) is 2.91. The van der Waals surface area contributed by atoms with Crippen LogP contribution in [0.15, 0.2) is 12.1 Å². The van der Waals surface area contributed by atoms with Gasteiger partial charge in [-0.1, -0.05) is 34.8 Å². The summed E-state index contributed by atoms with van der Waals surface area (Å²) in [5.74, 6) is 0. The summed E-state index contributed by atoms with van der Waals surface area (Å²) < 4.78 is 0. The van der Waals surface area contributed by atoms with Crippen molar-refractivity contribution in [1.82, 2.24) is 4.94 Å². The van der Waals surface area contributed by atoms with E-state index in [9.17, 15) is 0 Å². The minimum absolute atomic E-state index is 0. The van der Waals surface area contributed by atoms with Crippen molar-refractivity contribution < 1.29 is 0 Å². The fourth-order valence-corrected chi connectivity index (χ4v) is 1.37. The SMILES string of the molecule is Cl.ClNNc1cc(Cl)c(Cl)cc1Cl. The number of nitrogens with one attached hydrogen (secondary N) is 2. The molecule has 74 valence electrons. The van der Waals surface area contributed by atoms with E-state index in [1.54, 1.807) is 6.07 Å². The second-order valence-electron chi connectivity index (χ2n) is 1.97. The first-order chi connectivity index (χ1) is 5.65. The number of halogens is 5. The number of benzene rings is 1. The van der Waals surface area contributed by atoms with E-state index in [0.29, 0.717) is 20.8 Å². The maximum absolute atomic E-state index is 5.78. The average Bonchev–Trinajstić information content (AvgIpc) is 2.01. The summed E-state index contributed by atoms with van der Waals surface area (Å²) in [5, 5.41) is 1.26. The molecule has 0 saturated heterocycles. The summed E-state index contributed by atoms with van der Waals surface area (Å²) in [6.07, 6.45) is 0. The van der Waals surface area contributed by atoms with E-state index < -0.39 is 0 Å². The molecule has 0 bridgehead atoms. The van der Waals surface area contributed by atoms with Crippen LogP contribution in [0.3, 0.4) is 0 Å². The van der Waals surface area contributed by atoms with Crippen LogP contribution in [-0.4, -0.2) is 0 Å². The van der Waals surface area contributed by atoms with Crippen molar-refractivity contribution in [3.8, 4) is 0 Å². The molecule has 7 heteroatoms. The number of hydrogen-bond acceptors (Lipinski definition) is 2. The van der Waals surface area contributed by atoms with Gasteiger partial charge in [-0.05, 0) is 23.9 Å². The van der Waals surface area contributed by atoms with Gasteiger partial charge in [0.15, 0.2) is 0 Å². The molecule has 2 nitrogen and oxygen atoms in total. The Balaban J connectivity index is 0.00000144. The van der Waals surface area contributed by atoms with E-state index >= 15 is 0 Å². The van der Waals surface area contributed by atoms with Crippen LogP contribution in [0.1, 0.15) is 0 Å². The summed E-state index contributed by atoms with van der Waals surface area (Å²) >= 11 is 22.4. The van der Waals surface area contributed by atoms with Crippen molar-refractivity contribution in [3.05, 3.63) is 27.2 Å². The molecule has 0 aliphatic carbocycles. The van der Waals surface area contributed by atoms with Crippen molar-refractivity contribution in [2.24, 2.45) is 0 Å². The Bertz CT molecular complexity index is 291. The van der Waals surface area contributed by atoms with E-state index in [2.05, 4.69) is 10.4 Å². The van der Waals surface area contributed by atoms with Crippen LogP contribution >= 0.6 is 59.0 Å². The van der Waals surface area contributed by atoms with Crippen LogP contribution in [-0.2, 0) is 0 Å². The van der Waals surface area contributed by atoms with Crippen LogP contribution in [0, 0.1) is 0 Å². The summed E-state index contributed by atoms with van der Waals surface area (Å²) in [6, 6.07) is 3.10. The Morgan fingerprint density at radius 2 is 1.46 bits per heavy atom. The largest absolute Gasteiger partial charge is 0.306 e. The topological polar surface area (TPSA) is 24.1 Å². The van der Waals surface area contributed by atoms with Gasteiger partial charge in [-0.25, -0.2) is 0 Å². The zero-order valence-electron chi connectivity index (χ0n) is 6.07. The molecule has 0 aliphatic rings. The molecule has 1 aromatic rings. The van der Waals surface area contributed by atoms with E-state index in [4.69, 9.17) is 46.6 Å². The molecule has 0 amide bonds. The number of hydrazine groups is 1. The minimum Gasteiger partial charge on any atom is -0.306 e. The molecule has 13 heavy (non-hydrogen) atoms. The molecule has 2 N–H and O–H groups in total. The molecular weight excluding hydrogens is 277 g/mol. The minimum atomic E-state index is 0. The van der Waals surface area contributed by atoms with Gasteiger partial charge in [-0.3, -0.25) is 0 Å². The van der Waals surface area contributed by atoms with Gasteiger partial charge < -0.3 is 5.43 Å². The van der Waals surface area contributed by atoms with Crippen molar-refractivity contribution in [2.75, 3.05) is 5.43 Å². The van der Waals surface area contributed by atoms with Crippen molar-refractivity contribution >= 4 is 64.7 Å². The third-order valence-corrected chi connectivity index (χ3v) is 2.32. The van der Waals surface area contributed by atoms with E-state index in [-0.39, 0.29) is 12.4 Å². The van der Waals surface area contributed by atoms with Crippen LogP contribution in [0.25, 0.3) is 0 Å². The highest BCUT2D eigenvalue weighted by molar-refractivity contribution is 6.44. The smallest absolute Gasteiger partial charge is 0.0702 e. The highest BCUT2D eigenvalue weighted by atomic mass is 35.5. The molecular formula is C6H5Cl5N2. The summed E-state index contributed by atoms with van der Waals surface area (Å²) in [7, 11) is 0. The number of rotatable bonds is 2. The number of hydrogen-bond donors (Lipinski definition) is 2. The predicted molar refractivity (Wildman–Crippen MR) is 61.3 cm³/mol. The Labute approximate surface area is 102 Å². The fourth-order valence-electron chi connectivity index (χ4n) is 0.669. The van der Waals surface area contributed by atoms with Crippen LogP contribution in [0.2, 0.25) is 15.1 Å². The third kappa shape index (κ3) is 3.58. The van der Waals surface area contributed by atoms with Crippen LogP contribution in [0.4, 0.5) is 5.69 Å². The van der Waals surface area contributed by atoms with Crippen LogP contribution < -0.4 is 10.4 Å². The predicted octanol–water partition coefficient (Wildman–Crippen LogP) is 4.14. The maximum Gasteiger partial charge on any atom is 0.0702 e. The van der Waals surface area contributed by atoms with Crippen LogP contribution in [0.5, 0.6) is 0 Å². The Morgan fingerprint density at radius 1 is 0.923 bits per heavy atom. The maximum atomic E-state index is 5.78.